The Morgan fingerprint density at radius 2 is 1.74 bits per heavy atom. The van der Waals surface area contributed by atoms with Crippen molar-refractivity contribution >= 4 is 11.8 Å². The van der Waals surface area contributed by atoms with Crippen molar-refractivity contribution in [2.24, 2.45) is 0 Å². The van der Waals surface area contributed by atoms with Crippen molar-refractivity contribution in [2.45, 2.75) is 17.1 Å². The molecule has 0 bridgehead atoms. The number of benzene rings is 2. The SMILES string of the molecule is COc1ccc(-c2nnc(C(C)Sc3ccc(F)cc3)o2)cc1. The summed E-state index contributed by atoms with van der Waals surface area (Å²) >= 11 is 1.54. The second-order valence-corrected chi connectivity index (χ2v) is 6.30. The van der Waals surface area contributed by atoms with Crippen molar-refractivity contribution in [3.63, 3.8) is 0 Å². The van der Waals surface area contributed by atoms with E-state index in [9.17, 15) is 4.39 Å². The molecule has 23 heavy (non-hydrogen) atoms. The first-order valence-electron chi connectivity index (χ1n) is 7.06. The van der Waals surface area contributed by atoms with Gasteiger partial charge in [-0.25, -0.2) is 4.39 Å². The van der Waals surface area contributed by atoms with Crippen LogP contribution in [0.1, 0.15) is 18.1 Å². The fraction of sp³-hybridized carbons (Fsp3) is 0.176. The van der Waals surface area contributed by atoms with Gasteiger partial charge in [0.2, 0.25) is 11.8 Å². The van der Waals surface area contributed by atoms with Crippen LogP contribution < -0.4 is 4.74 Å². The molecule has 0 N–H and O–H groups in total. The summed E-state index contributed by atoms with van der Waals surface area (Å²) in [4.78, 5) is 0.947. The van der Waals surface area contributed by atoms with Crippen LogP contribution >= 0.6 is 11.8 Å². The van der Waals surface area contributed by atoms with Gasteiger partial charge in [-0.3, -0.25) is 0 Å². The van der Waals surface area contributed by atoms with Gasteiger partial charge in [-0.2, -0.15) is 0 Å². The van der Waals surface area contributed by atoms with E-state index in [1.807, 2.05) is 31.2 Å². The molecule has 0 aliphatic rings. The molecule has 0 amide bonds. The molecule has 118 valence electrons. The van der Waals surface area contributed by atoms with E-state index in [4.69, 9.17) is 9.15 Å². The second kappa shape index (κ2) is 6.83. The molecule has 0 radical (unpaired) electrons. The number of hydrogen-bond donors (Lipinski definition) is 0. The van der Waals surface area contributed by atoms with Crippen LogP contribution in [0.25, 0.3) is 11.5 Å². The van der Waals surface area contributed by atoms with Crippen LogP contribution in [-0.2, 0) is 0 Å². The average Bonchev–Trinajstić information content (AvgIpc) is 3.07. The van der Waals surface area contributed by atoms with Gasteiger partial charge in [0.15, 0.2) is 0 Å². The number of hydrogen-bond acceptors (Lipinski definition) is 5. The third-order valence-corrected chi connectivity index (χ3v) is 4.35. The zero-order valence-corrected chi connectivity index (χ0v) is 13.5. The van der Waals surface area contributed by atoms with Gasteiger partial charge in [-0.1, -0.05) is 0 Å². The average molecular weight is 330 g/mol. The zero-order chi connectivity index (χ0) is 16.2. The van der Waals surface area contributed by atoms with E-state index in [-0.39, 0.29) is 11.1 Å². The number of nitrogens with zero attached hydrogens (tertiary/aromatic N) is 2. The third kappa shape index (κ3) is 3.71. The lowest BCUT2D eigenvalue weighted by molar-refractivity contribution is 0.415. The Bertz CT molecular complexity index is 772. The molecule has 1 unspecified atom stereocenters. The molecule has 0 fully saturated rings. The van der Waals surface area contributed by atoms with Crippen molar-refractivity contribution in [1.29, 1.82) is 0 Å². The highest BCUT2D eigenvalue weighted by molar-refractivity contribution is 7.99. The number of ether oxygens (including phenoxy) is 1. The lowest BCUT2D eigenvalue weighted by Crippen LogP contribution is -1.88. The molecule has 1 heterocycles. The van der Waals surface area contributed by atoms with E-state index in [2.05, 4.69) is 10.2 Å². The number of halogens is 1. The second-order valence-electron chi connectivity index (χ2n) is 4.89. The van der Waals surface area contributed by atoms with Gasteiger partial charge >= 0.3 is 0 Å². The molecule has 3 aromatic rings. The fourth-order valence-electron chi connectivity index (χ4n) is 2.02. The van der Waals surface area contributed by atoms with Gasteiger partial charge in [0.25, 0.3) is 0 Å². The lowest BCUT2D eigenvalue weighted by Gasteiger charge is -2.06. The predicted octanol–water partition coefficient (Wildman–Crippen LogP) is 4.74. The minimum atomic E-state index is -0.249. The normalized spacial score (nSPS) is 12.1. The molecule has 1 atom stereocenters. The van der Waals surface area contributed by atoms with E-state index in [0.717, 1.165) is 16.2 Å². The lowest BCUT2D eigenvalue weighted by atomic mass is 10.2. The summed E-state index contributed by atoms with van der Waals surface area (Å²) in [5.74, 6) is 1.52. The monoisotopic (exact) mass is 330 g/mol. The van der Waals surface area contributed by atoms with Gasteiger partial charge in [0.1, 0.15) is 11.6 Å². The smallest absolute Gasteiger partial charge is 0.247 e. The van der Waals surface area contributed by atoms with Gasteiger partial charge in [0.05, 0.1) is 12.4 Å². The summed E-state index contributed by atoms with van der Waals surface area (Å²) in [6.07, 6.45) is 0. The minimum Gasteiger partial charge on any atom is -0.497 e. The maximum Gasteiger partial charge on any atom is 0.247 e. The predicted molar refractivity (Wildman–Crippen MR) is 87.0 cm³/mol. The first kappa shape index (κ1) is 15.6. The van der Waals surface area contributed by atoms with E-state index in [1.165, 1.54) is 23.9 Å². The van der Waals surface area contributed by atoms with Gasteiger partial charge < -0.3 is 9.15 Å². The van der Waals surface area contributed by atoms with E-state index >= 15 is 0 Å². The molecule has 4 nitrogen and oxygen atoms in total. The highest BCUT2D eigenvalue weighted by atomic mass is 32.2. The number of methoxy groups -OCH3 is 1. The highest BCUT2D eigenvalue weighted by Crippen LogP contribution is 2.35. The van der Waals surface area contributed by atoms with Gasteiger partial charge in [-0.05, 0) is 55.5 Å². The van der Waals surface area contributed by atoms with Crippen molar-refractivity contribution in [3.8, 4) is 17.2 Å². The topological polar surface area (TPSA) is 48.2 Å². The first-order chi connectivity index (χ1) is 11.2. The fourth-order valence-corrected chi connectivity index (χ4v) is 2.91. The van der Waals surface area contributed by atoms with E-state index < -0.39 is 0 Å². The minimum absolute atomic E-state index is 0.0278. The Morgan fingerprint density at radius 3 is 2.39 bits per heavy atom. The third-order valence-electron chi connectivity index (χ3n) is 3.25. The Balaban J connectivity index is 1.73. The largest absolute Gasteiger partial charge is 0.497 e. The summed E-state index contributed by atoms with van der Waals surface area (Å²) in [5, 5.41) is 8.17. The molecule has 0 aliphatic heterocycles. The molecule has 0 saturated carbocycles. The van der Waals surface area contributed by atoms with Crippen LogP contribution in [0.3, 0.4) is 0 Å². The van der Waals surface area contributed by atoms with Crippen molar-refractivity contribution in [2.75, 3.05) is 7.11 Å². The van der Waals surface area contributed by atoms with Crippen molar-refractivity contribution in [1.82, 2.24) is 10.2 Å². The number of thioether (sulfide) groups is 1. The van der Waals surface area contributed by atoms with Gasteiger partial charge in [0, 0.05) is 10.5 Å². The Morgan fingerprint density at radius 1 is 1.04 bits per heavy atom. The molecule has 1 aromatic heterocycles. The highest BCUT2D eigenvalue weighted by Gasteiger charge is 2.16. The molecule has 0 aliphatic carbocycles. The summed E-state index contributed by atoms with van der Waals surface area (Å²) in [6.45, 7) is 1.97. The molecule has 6 heteroatoms. The standard InChI is InChI=1S/C17H15FN2O2S/c1-11(23-15-9-5-13(18)6-10-15)16-19-20-17(22-16)12-3-7-14(21-2)8-4-12/h3-11H,1-2H3. The molecule has 0 spiro atoms. The van der Waals surface area contributed by atoms with Crippen LogP contribution in [0, 0.1) is 5.82 Å². The molecule has 3 rings (SSSR count). The molecular weight excluding hydrogens is 315 g/mol. The van der Waals surface area contributed by atoms with Crippen LogP contribution in [0.15, 0.2) is 57.8 Å². The zero-order valence-electron chi connectivity index (χ0n) is 12.7. The van der Waals surface area contributed by atoms with Crippen LogP contribution in [-0.4, -0.2) is 17.3 Å². The summed E-state index contributed by atoms with van der Waals surface area (Å²) in [7, 11) is 1.62. The maximum absolute atomic E-state index is 12.9. The quantitative estimate of drug-likeness (QED) is 0.633. The van der Waals surface area contributed by atoms with Crippen molar-refractivity contribution in [3.05, 3.63) is 60.2 Å². The molecule has 2 aromatic carbocycles. The van der Waals surface area contributed by atoms with Crippen molar-refractivity contribution < 1.29 is 13.5 Å². The van der Waals surface area contributed by atoms with E-state index in [1.54, 1.807) is 19.2 Å². The van der Waals surface area contributed by atoms with Crippen LogP contribution in [0.2, 0.25) is 0 Å². The summed E-state index contributed by atoms with van der Waals surface area (Å²) in [5.41, 5.74) is 0.837. The molecular formula is C17H15FN2O2S. The Kier molecular flexibility index (Phi) is 4.62. The first-order valence-corrected chi connectivity index (χ1v) is 7.94. The van der Waals surface area contributed by atoms with Gasteiger partial charge in [-0.15, -0.1) is 22.0 Å². The maximum atomic E-state index is 12.9. The summed E-state index contributed by atoms with van der Waals surface area (Å²) < 4.78 is 23.8. The number of aromatic nitrogens is 2. The van der Waals surface area contributed by atoms with E-state index in [0.29, 0.717) is 11.8 Å². The summed E-state index contributed by atoms with van der Waals surface area (Å²) in [6, 6.07) is 13.8. The van der Waals surface area contributed by atoms with Crippen LogP contribution in [0.5, 0.6) is 5.75 Å². The molecule has 0 saturated heterocycles. The Labute approximate surface area is 137 Å². The Hall–Kier alpha value is -2.34. The van der Waals surface area contributed by atoms with Crippen LogP contribution in [0.4, 0.5) is 4.39 Å². The number of rotatable bonds is 5.